The Balaban J connectivity index is 3.06. The minimum atomic E-state index is 0.580. The molecule has 0 aliphatic rings. The van der Waals surface area contributed by atoms with Crippen molar-refractivity contribution in [2.24, 2.45) is 0 Å². The first-order chi connectivity index (χ1) is 7.31. The van der Waals surface area contributed by atoms with Gasteiger partial charge in [-0.15, -0.1) is 6.42 Å². The third kappa shape index (κ3) is 11.4. The Bertz CT molecular complexity index is 157. The van der Waals surface area contributed by atoms with Crippen molar-refractivity contribution >= 4 is 0 Å². The van der Waals surface area contributed by atoms with E-state index in [4.69, 9.17) is 6.42 Å². The lowest BCUT2D eigenvalue weighted by Gasteiger charge is -2.10. The molecule has 0 fully saturated rings. The maximum absolute atomic E-state index is 5.19. The lowest BCUT2D eigenvalue weighted by Crippen LogP contribution is -2.25. The van der Waals surface area contributed by atoms with Crippen LogP contribution >= 0.6 is 0 Å². The number of nitrogens with one attached hydrogen (secondary N) is 1. The first-order valence-corrected chi connectivity index (χ1v) is 6.48. The molecule has 0 rings (SSSR count). The molecule has 0 aliphatic carbocycles. The maximum Gasteiger partial charge on any atom is 0.0575 e. The van der Waals surface area contributed by atoms with Gasteiger partial charge in [-0.3, -0.25) is 0 Å². The van der Waals surface area contributed by atoms with Crippen LogP contribution in [0.3, 0.4) is 0 Å². The first-order valence-electron chi connectivity index (χ1n) is 6.48. The van der Waals surface area contributed by atoms with Gasteiger partial charge >= 0.3 is 0 Å². The summed E-state index contributed by atoms with van der Waals surface area (Å²) < 4.78 is 0. The van der Waals surface area contributed by atoms with E-state index >= 15 is 0 Å². The summed E-state index contributed by atoms with van der Waals surface area (Å²) in [4.78, 5) is 0. The summed E-state index contributed by atoms with van der Waals surface area (Å²) in [6.45, 7) is 5.19. The zero-order valence-electron chi connectivity index (χ0n) is 10.5. The van der Waals surface area contributed by atoms with Crippen LogP contribution in [0.25, 0.3) is 0 Å². The van der Waals surface area contributed by atoms with Crippen molar-refractivity contribution in [3.8, 4) is 12.3 Å². The third-order valence-corrected chi connectivity index (χ3v) is 2.79. The molecule has 0 amide bonds. The Morgan fingerprint density at radius 1 is 1.07 bits per heavy atom. The number of unbranched alkanes of at least 4 members (excludes halogenated alkanes) is 6. The molecule has 0 heterocycles. The molecule has 0 aromatic rings. The number of hydrogen-bond donors (Lipinski definition) is 1. The molecular formula is C14H27N. The van der Waals surface area contributed by atoms with E-state index in [1.54, 1.807) is 0 Å². The smallest absolute Gasteiger partial charge is 0.0575 e. The highest BCUT2D eigenvalue weighted by Crippen LogP contribution is 2.09. The highest BCUT2D eigenvalue weighted by atomic mass is 14.9. The Labute approximate surface area is 96.0 Å². The van der Waals surface area contributed by atoms with Gasteiger partial charge in [0.25, 0.3) is 0 Å². The third-order valence-electron chi connectivity index (χ3n) is 2.79. The normalized spacial score (nSPS) is 12.3. The fourth-order valence-electron chi connectivity index (χ4n) is 1.74. The van der Waals surface area contributed by atoms with Gasteiger partial charge in [0.1, 0.15) is 0 Å². The minimum absolute atomic E-state index is 0.580. The van der Waals surface area contributed by atoms with Gasteiger partial charge in [0.2, 0.25) is 0 Å². The summed E-state index contributed by atoms with van der Waals surface area (Å²) >= 11 is 0. The molecule has 15 heavy (non-hydrogen) atoms. The summed E-state index contributed by atoms with van der Waals surface area (Å²) in [5, 5.41) is 3.31. The quantitative estimate of drug-likeness (QED) is 0.427. The fourth-order valence-corrected chi connectivity index (χ4v) is 1.74. The molecule has 0 unspecified atom stereocenters. The summed E-state index contributed by atoms with van der Waals surface area (Å²) in [5.74, 6) is 2.61. The van der Waals surface area contributed by atoms with E-state index in [-0.39, 0.29) is 0 Å². The topological polar surface area (TPSA) is 12.0 Å². The van der Waals surface area contributed by atoms with Crippen molar-refractivity contribution in [1.82, 2.24) is 5.32 Å². The van der Waals surface area contributed by atoms with Crippen molar-refractivity contribution in [3.05, 3.63) is 0 Å². The van der Waals surface area contributed by atoms with Crippen molar-refractivity contribution in [1.29, 1.82) is 0 Å². The van der Waals surface area contributed by atoms with Gasteiger partial charge in [-0.1, -0.05) is 57.8 Å². The van der Waals surface area contributed by atoms with Crippen LogP contribution in [-0.4, -0.2) is 12.6 Å². The van der Waals surface area contributed by atoms with E-state index in [2.05, 4.69) is 25.1 Å². The molecule has 88 valence electrons. The second kappa shape index (κ2) is 11.6. The predicted octanol–water partition coefficient (Wildman–Crippen LogP) is 3.74. The Hall–Kier alpha value is -0.480. The van der Waals surface area contributed by atoms with Crippen LogP contribution in [0.2, 0.25) is 0 Å². The van der Waals surface area contributed by atoms with E-state index in [1.807, 2.05) is 0 Å². The summed E-state index contributed by atoms with van der Waals surface area (Å²) in [5.41, 5.74) is 0. The SMILES string of the molecule is C#CCN[C@@H](C)CCCCCCCCC. The lowest BCUT2D eigenvalue weighted by molar-refractivity contribution is 0.497. The standard InChI is InChI=1S/C14H27N/c1-4-6-7-8-9-10-11-12-14(3)15-13-5-2/h2,14-15H,4,6-13H2,1,3H3/t14-/m0/s1. The Morgan fingerprint density at radius 2 is 1.67 bits per heavy atom. The molecule has 1 N–H and O–H groups in total. The minimum Gasteiger partial charge on any atom is -0.304 e. The second-order valence-corrected chi connectivity index (χ2v) is 4.40. The van der Waals surface area contributed by atoms with E-state index in [0.29, 0.717) is 12.6 Å². The van der Waals surface area contributed by atoms with Crippen molar-refractivity contribution in [2.75, 3.05) is 6.54 Å². The Kier molecular flexibility index (Phi) is 11.2. The molecule has 1 nitrogen and oxygen atoms in total. The molecule has 0 aliphatic heterocycles. The highest BCUT2D eigenvalue weighted by molar-refractivity contribution is 4.87. The summed E-state index contributed by atoms with van der Waals surface area (Å²) in [7, 11) is 0. The van der Waals surface area contributed by atoms with Gasteiger partial charge in [-0.25, -0.2) is 0 Å². The molecule has 1 heteroatoms. The van der Waals surface area contributed by atoms with Crippen LogP contribution in [0, 0.1) is 12.3 Å². The van der Waals surface area contributed by atoms with Crippen LogP contribution in [-0.2, 0) is 0 Å². The number of terminal acetylenes is 1. The van der Waals surface area contributed by atoms with Gasteiger partial charge < -0.3 is 5.32 Å². The van der Waals surface area contributed by atoms with Crippen molar-refractivity contribution in [3.63, 3.8) is 0 Å². The average molecular weight is 209 g/mol. The largest absolute Gasteiger partial charge is 0.304 e. The molecule has 0 aromatic heterocycles. The molecule has 0 saturated carbocycles. The maximum atomic E-state index is 5.19. The van der Waals surface area contributed by atoms with E-state index in [9.17, 15) is 0 Å². The summed E-state index contributed by atoms with van der Waals surface area (Å²) in [6.07, 6.45) is 16.1. The molecule has 0 radical (unpaired) electrons. The number of hydrogen-bond acceptors (Lipinski definition) is 1. The Morgan fingerprint density at radius 3 is 2.27 bits per heavy atom. The molecule has 0 spiro atoms. The van der Waals surface area contributed by atoms with E-state index < -0.39 is 0 Å². The molecular weight excluding hydrogens is 182 g/mol. The predicted molar refractivity (Wildman–Crippen MR) is 68.9 cm³/mol. The van der Waals surface area contributed by atoms with Gasteiger partial charge in [-0.2, -0.15) is 0 Å². The lowest BCUT2D eigenvalue weighted by atomic mass is 10.1. The van der Waals surface area contributed by atoms with Crippen LogP contribution in [0.15, 0.2) is 0 Å². The highest BCUT2D eigenvalue weighted by Gasteiger charge is 1.99. The summed E-state index contributed by atoms with van der Waals surface area (Å²) in [6, 6.07) is 0.580. The van der Waals surface area contributed by atoms with Crippen LogP contribution in [0.4, 0.5) is 0 Å². The first kappa shape index (κ1) is 14.5. The molecule has 1 atom stereocenters. The zero-order chi connectivity index (χ0) is 11.4. The van der Waals surface area contributed by atoms with Gasteiger partial charge in [-0.05, 0) is 13.3 Å². The van der Waals surface area contributed by atoms with Gasteiger partial charge in [0, 0.05) is 6.04 Å². The van der Waals surface area contributed by atoms with Crippen LogP contribution in [0.5, 0.6) is 0 Å². The monoisotopic (exact) mass is 209 g/mol. The van der Waals surface area contributed by atoms with E-state index in [0.717, 1.165) is 0 Å². The molecule has 0 bridgehead atoms. The fraction of sp³-hybridized carbons (Fsp3) is 0.857. The van der Waals surface area contributed by atoms with E-state index in [1.165, 1.54) is 51.4 Å². The average Bonchev–Trinajstić information content (AvgIpc) is 2.25. The zero-order valence-corrected chi connectivity index (χ0v) is 10.5. The molecule has 0 aromatic carbocycles. The van der Waals surface area contributed by atoms with Crippen molar-refractivity contribution in [2.45, 2.75) is 71.3 Å². The molecule has 0 saturated heterocycles. The number of rotatable bonds is 10. The van der Waals surface area contributed by atoms with Crippen LogP contribution in [0.1, 0.15) is 65.2 Å². The van der Waals surface area contributed by atoms with Crippen LogP contribution < -0.4 is 5.32 Å². The van der Waals surface area contributed by atoms with Gasteiger partial charge in [0.15, 0.2) is 0 Å². The van der Waals surface area contributed by atoms with Crippen molar-refractivity contribution < 1.29 is 0 Å². The van der Waals surface area contributed by atoms with Gasteiger partial charge in [0.05, 0.1) is 6.54 Å². The second-order valence-electron chi connectivity index (χ2n) is 4.40.